The van der Waals surface area contributed by atoms with E-state index in [0.29, 0.717) is 5.56 Å². The summed E-state index contributed by atoms with van der Waals surface area (Å²) in [4.78, 5) is 0. The van der Waals surface area contributed by atoms with Crippen LogP contribution in [0.25, 0.3) is 0 Å². The van der Waals surface area contributed by atoms with Crippen molar-refractivity contribution < 1.29 is 17.6 Å². The fourth-order valence-corrected chi connectivity index (χ4v) is 3.86. The second-order valence-corrected chi connectivity index (χ2v) is 13.6. The number of aryl methyl sites for hydroxylation is 3. The van der Waals surface area contributed by atoms with E-state index in [4.69, 9.17) is 11.6 Å². The summed E-state index contributed by atoms with van der Waals surface area (Å²) in [5.74, 6) is -0.104. The molecule has 0 fully saturated rings. The van der Waals surface area contributed by atoms with Gasteiger partial charge in [-0.2, -0.15) is 13.2 Å². The third-order valence-electron chi connectivity index (χ3n) is 6.44. The molecule has 0 saturated heterocycles. The second kappa shape index (κ2) is 12.9. The van der Waals surface area contributed by atoms with Gasteiger partial charge in [-0.3, -0.25) is 0 Å². The van der Waals surface area contributed by atoms with Gasteiger partial charge in [0.2, 0.25) is 0 Å². The number of rotatable bonds is 0. The van der Waals surface area contributed by atoms with E-state index >= 15 is 0 Å². The molecule has 39 heavy (non-hydrogen) atoms. The zero-order chi connectivity index (χ0) is 30.6. The number of alkyl halides is 3. The minimum absolute atomic E-state index is 0.101. The average Bonchev–Trinajstić information content (AvgIpc) is 2.75. The summed E-state index contributed by atoms with van der Waals surface area (Å²) in [6.45, 7) is 24.7. The molecule has 0 bridgehead atoms. The molecule has 0 unspecified atom stereocenters. The first-order valence-electron chi connectivity index (χ1n) is 13.2. The quantitative estimate of drug-likeness (QED) is 0.238. The summed E-state index contributed by atoms with van der Waals surface area (Å²) < 4.78 is 50.9. The van der Waals surface area contributed by atoms with E-state index in [0.717, 1.165) is 17.2 Å². The van der Waals surface area contributed by atoms with Crippen LogP contribution in [0.5, 0.6) is 0 Å². The molecule has 3 aromatic carbocycles. The van der Waals surface area contributed by atoms with Crippen molar-refractivity contribution in [2.24, 2.45) is 0 Å². The highest BCUT2D eigenvalue weighted by Crippen LogP contribution is 2.37. The van der Waals surface area contributed by atoms with Gasteiger partial charge in [0.05, 0.1) is 10.6 Å². The molecular formula is C34H45ClF4. The van der Waals surface area contributed by atoms with Crippen molar-refractivity contribution in [1.82, 2.24) is 0 Å². The van der Waals surface area contributed by atoms with Gasteiger partial charge in [0.1, 0.15) is 5.82 Å². The fourth-order valence-electron chi connectivity index (χ4n) is 3.63. The van der Waals surface area contributed by atoms with Gasteiger partial charge >= 0.3 is 6.18 Å². The van der Waals surface area contributed by atoms with Crippen molar-refractivity contribution in [2.45, 2.75) is 106 Å². The Balaban J connectivity index is 0.000000295. The van der Waals surface area contributed by atoms with Gasteiger partial charge in [-0.1, -0.05) is 116 Å². The number of benzene rings is 3. The van der Waals surface area contributed by atoms with Crippen LogP contribution >= 0.6 is 11.6 Å². The van der Waals surface area contributed by atoms with Crippen molar-refractivity contribution in [3.63, 3.8) is 0 Å². The first-order chi connectivity index (χ1) is 17.4. The summed E-state index contributed by atoms with van der Waals surface area (Å²) in [6.07, 6.45) is -4.39. The molecule has 0 nitrogen and oxygen atoms in total. The normalized spacial score (nSPS) is 12.2. The minimum Gasteiger partial charge on any atom is -0.207 e. The topological polar surface area (TPSA) is 0 Å². The second-order valence-electron chi connectivity index (χ2n) is 13.2. The summed E-state index contributed by atoms with van der Waals surface area (Å²) in [5, 5.41) is -0.254. The first kappa shape index (κ1) is 34.7. The summed E-state index contributed by atoms with van der Waals surface area (Å²) in [6, 6.07) is 16.0. The minimum atomic E-state index is -4.39. The molecule has 0 aromatic heterocycles. The maximum Gasteiger partial charge on any atom is 0.417 e. The van der Waals surface area contributed by atoms with Gasteiger partial charge < -0.3 is 0 Å². The van der Waals surface area contributed by atoms with Crippen molar-refractivity contribution in [3.05, 3.63) is 104 Å². The lowest BCUT2D eigenvalue weighted by molar-refractivity contribution is -0.137. The molecule has 0 aliphatic carbocycles. The highest BCUT2D eigenvalue weighted by atomic mass is 35.5. The Morgan fingerprint density at radius 3 is 1.44 bits per heavy atom. The van der Waals surface area contributed by atoms with Gasteiger partial charge in [0.15, 0.2) is 0 Å². The SMILES string of the molecule is CC(C)(C)c1ccc(Cl)c(C(F)(F)F)c1.Cc1ccc(C(C)(C)C)cc1C.Cc1ccc(F)c(C(C)(C)C)c1. The molecule has 0 N–H and O–H groups in total. The van der Waals surface area contributed by atoms with Gasteiger partial charge in [-0.15, -0.1) is 0 Å². The smallest absolute Gasteiger partial charge is 0.207 e. The standard InChI is InChI=1S/C12H18.C11H12ClF3.C11H15F/c1-9-6-7-11(8-10(9)2)12(3,4)5;1-10(2,3)7-4-5-9(12)8(6-7)11(13,14)15;1-8-5-6-10(12)9(7-8)11(2,3)4/h6-8H,1-5H3;4-6H,1-3H3;5-7H,1-4H3. The Bertz CT molecular complexity index is 1230. The third kappa shape index (κ3) is 11.0. The van der Waals surface area contributed by atoms with Crippen molar-refractivity contribution in [2.75, 3.05) is 0 Å². The van der Waals surface area contributed by atoms with E-state index in [2.05, 4.69) is 52.8 Å². The molecule has 3 rings (SSSR count). The Morgan fingerprint density at radius 1 is 0.538 bits per heavy atom. The van der Waals surface area contributed by atoms with Crippen LogP contribution in [-0.4, -0.2) is 0 Å². The highest BCUT2D eigenvalue weighted by molar-refractivity contribution is 6.31. The largest absolute Gasteiger partial charge is 0.417 e. The van der Waals surface area contributed by atoms with E-state index in [1.165, 1.54) is 28.8 Å². The summed E-state index contributed by atoms with van der Waals surface area (Å²) in [5.41, 5.74) is 5.81. The van der Waals surface area contributed by atoms with Gasteiger partial charge in [0.25, 0.3) is 0 Å². The molecule has 3 aromatic rings. The molecule has 0 spiro atoms. The molecule has 0 atom stereocenters. The summed E-state index contributed by atoms with van der Waals surface area (Å²) >= 11 is 5.51. The van der Waals surface area contributed by atoms with Crippen LogP contribution in [0.1, 0.15) is 101 Å². The maximum atomic E-state index is 13.3. The zero-order valence-electron chi connectivity index (χ0n) is 25.6. The van der Waals surface area contributed by atoms with Crippen molar-refractivity contribution in [3.8, 4) is 0 Å². The van der Waals surface area contributed by atoms with E-state index < -0.39 is 11.7 Å². The zero-order valence-corrected chi connectivity index (χ0v) is 26.3. The van der Waals surface area contributed by atoms with Crippen LogP contribution in [0.2, 0.25) is 5.02 Å². The summed E-state index contributed by atoms with van der Waals surface area (Å²) in [7, 11) is 0. The molecule has 0 radical (unpaired) electrons. The molecule has 0 heterocycles. The first-order valence-corrected chi connectivity index (χ1v) is 13.5. The van der Waals surface area contributed by atoms with E-state index in [1.54, 1.807) is 12.1 Å². The molecular weight excluding hydrogens is 520 g/mol. The average molecular weight is 565 g/mol. The molecule has 0 aliphatic heterocycles. The molecule has 0 amide bonds. The van der Waals surface area contributed by atoms with Crippen LogP contribution in [0.4, 0.5) is 17.6 Å². The van der Waals surface area contributed by atoms with Crippen LogP contribution in [0.15, 0.2) is 54.6 Å². The fraction of sp³-hybridized carbons (Fsp3) is 0.471. The van der Waals surface area contributed by atoms with E-state index in [9.17, 15) is 17.6 Å². The number of hydrogen-bond donors (Lipinski definition) is 0. The predicted molar refractivity (Wildman–Crippen MR) is 160 cm³/mol. The monoisotopic (exact) mass is 564 g/mol. The van der Waals surface area contributed by atoms with Crippen molar-refractivity contribution >= 4 is 11.6 Å². The highest BCUT2D eigenvalue weighted by Gasteiger charge is 2.34. The van der Waals surface area contributed by atoms with E-state index in [1.807, 2.05) is 54.5 Å². The van der Waals surface area contributed by atoms with Crippen molar-refractivity contribution in [1.29, 1.82) is 0 Å². The lowest BCUT2D eigenvalue weighted by Crippen LogP contribution is -2.14. The Labute approximate surface area is 238 Å². The lowest BCUT2D eigenvalue weighted by Gasteiger charge is -2.21. The van der Waals surface area contributed by atoms with Crippen LogP contribution in [-0.2, 0) is 22.4 Å². The number of halogens is 5. The molecule has 0 aliphatic rings. The molecule has 0 saturated carbocycles. The maximum absolute atomic E-state index is 13.3. The Morgan fingerprint density at radius 2 is 1.03 bits per heavy atom. The van der Waals surface area contributed by atoms with Gasteiger partial charge in [-0.25, -0.2) is 4.39 Å². The third-order valence-corrected chi connectivity index (χ3v) is 6.77. The van der Waals surface area contributed by atoms with Gasteiger partial charge in [0, 0.05) is 0 Å². The van der Waals surface area contributed by atoms with Crippen LogP contribution < -0.4 is 0 Å². The van der Waals surface area contributed by atoms with Gasteiger partial charge in [-0.05, 0) is 83.0 Å². The number of hydrogen-bond acceptors (Lipinski definition) is 0. The lowest BCUT2D eigenvalue weighted by atomic mass is 9.85. The van der Waals surface area contributed by atoms with E-state index in [-0.39, 0.29) is 27.1 Å². The Kier molecular flexibility index (Phi) is 11.5. The van der Waals surface area contributed by atoms with Crippen LogP contribution in [0.3, 0.4) is 0 Å². The molecule has 5 heteroatoms. The van der Waals surface area contributed by atoms with Crippen LogP contribution in [0, 0.1) is 26.6 Å². The Hall–Kier alpha value is -2.33. The molecule has 216 valence electrons. The predicted octanol–water partition coefficient (Wildman–Crippen LogP) is 11.7.